The lowest BCUT2D eigenvalue weighted by atomic mass is 10.2. The van der Waals surface area contributed by atoms with E-state index in [1.807, 2.05) is 24.0 Å². The molecular formula is C15H22N4O2. The molecule has 0 aliphatic carbocycles. The minimum absolute atomic E-state index is 0.136. The predicted molar refractivity (Wildman–Crippen MR) is 81.2 cm³/mol. The summed E-state index contributed by atoms with van der Waals surface area (Å²) < 4.78 is 5.48. The highest BCUT2D eigenvalue weighted by Crippen LogP contribution is 2.23. The summed E-state index contributed by atoms with van der Waals surface area (Å²) in [5.74, 6) is 0.969. The molecule has 1 unspecified atom stereocenters. The molecular weight excluding hydrogens is 268 g/mol. The summed E-state index contributed by atoms with van der Waals surface area (Å²) in [5, 5.41) is 0. The Labute approximate surface area is 124 Å². The molecule has 114 valence electrons. The van der Waals surface area contributed by atoms with Crippen molar-refractivity contribution in [3.63, 3.8) is 0 Å². The molecule has 0 saturated carbocycles. The SMILES string of the molecule is Cc1ccc(N)c(N2CCN(C(=O)C3CCCO3)CC2)n1. The molecule has 1 amide bonds. The van der Waals surface area contributed by atoms with Gasteiger partial charge in [-0.1, -0.05) is 0 Å². The number of aryl methyl sites for hydroxylation is 1. The number of nitrogens with two attached hydrogens (primary N) is 1. The lowest BCUT2D eigenvalue weighted by molar-refractivity contribution is -0.141. The van der Waals surface area contributed by atoms with Gasteiger partial charge >= 0.3 is 0 Å². The number of aromatic nitrogens is 1. The third-order valence-corrected chi connectivity index (χ3v) is 4.14. The van der Waals surface area contributed by atoms with Crippen LogP contribution in [0.15, 0.2) is 12.1 Å². The number of hydrogen-bond donors (Lipinski definition) is 1. The zero-order valence-corrected chi connectivity index (χ0v) is 12.4. The normalized spacial score (nSPS) is 22.6. The number of nitrogens with zero attached hydrogens (tertiary/aromatic N) is 3. The van der Waals surface area contributed by atoms with E-state index in [0.29, 0.717) is 25.4 Å². The van der Waals surface area contributed by atoms with Gasteiger partial charge in [-0.15, -0.1) is 0 Å². The molecule has 21 heavy (non-hydrogen) atoms. The van der Waals surface area contributed by atoms with Gasteiger partial charge in [0, 0.05) is 38.5 Å². The monoisotopic (exact) mass is 290 g/mol. The van der Waals surface area contributed by atoms with Crippen LogP contribution in [-0.2, 0) is 9.53 Å². The van der Waals surface area contributed by atoms with Gasteiger partial charge in [0.2, 0.25) is 0 Å². The van der Waals surface area contributed by atoms with Gasteiger partial charge in [-0.25, -0.2) is 4.98 Å². The summed E-state index contributed by atoms with van der Waals surface area (Å²) in [5.41, 5.74) is 7.66. The van der Waals surface area contributed by atoms with Gasteiger partial charge in [0.05, 0.1) is 5.69 Å². The highest BCUT2D eigenvalue weighted by Gasteiger charge is 2.30. The first-order valence-electron chi connectivity index (χ1n) is 7.53. The predicted octanol–water partition coefficient (Wildman–Crippen LogP) is 0.800. The first-order chi connectivity index (χ1) is 10.1. The van der Waals surface area contributed by atoms with Gasteiger partial charge in [-0.2, -0.15) is 0 Å². The van der Waals surface area contributed by atoms with E-state index in [0.717, 1.165) is 37.4 Å². The number of carbonyl (C=O) groups is 1. The number of ether oxygens (including phenoxy) is 1. The largest absolute Gasteiger partial charge is 0.396 e. The first-order valence-corrected chi connectivity index (χ1v) is 7.53. The second-order valence-corrected chi connectivity index (χ2v) is 5.68. The number of amides is 1. The zero-order valence-electron chi connectivity index (χ0n) is 12.4. The van der Waals surface area contributed by atoms with E-state index in [9.17, 15) is 4.79 Å². The molecule has 0 bridgehead atoms. The van der Waals surface area contributed by atoms with Crippen molar-refractivity contribution in [1.29, 1.82) is 0 Å². The Bertz CT molecular complexity index is 520. The quantitative estimate of drug-likeness (QED) is 0.872. The Balaban J connectivity index is 1.62. The number of pyridine rings is 1. The summed E-state index contributed by atoms with van der Waals surface area (Å²) in [4.78, 5) is 20.9. The van der Waals surface area contributed by atoms with Crippen LogP contribution in [0.2, 0.25) is 0 Å². The molecule has 2 saturated heterocycles. The minimum Gasteiger partial charge on any atom is -0.396 e. The van der Waals surface area contributed by atoms with E-state index in [1.165, 1.54) is 0 Å². The van der Waals surface area contributed by atoms with Crippen LogP contribution >= 0.6 is 0 Å². The number of nitrogen functional groups attached to an aromatic ring is 1. The number of rotatable bonds is 2. The Morgan fingerprint density at radius 1 is 1.33 bits per heavy atom. The number of piperazine rings is 1. The summed E-state index contributed by atoms with van der Waals surface area (Å²) in [6.45, 7) is 5.60. The molecule has 1 atom stereocenters. The number of carbonyl (C=O) groups excluding carboxylic acids is 1. The van der Waals surface area contributed by atoms with Gasteiger partial charge < -0.3 is 20.3 Å². The van der Waals surface area contributed by atoms with Gasteiger partial charge in [0.25, 0.3) is 5.91 Å². The molecule has 2 fully saturated rings. The van der Waals surface area contributed by atoms with Crippen LogP contribution in [0.5, 0.6) is 0 Å². The van der Waals surface area contributed by atoms with E-state index in [4.69, 9.17) is 10.5 Å². The van der Waals surface area contributed by atoms with Crippen molar-refractivity contribution >= 4 is 17.4 Å². The summed E-state index contributed by atoms with van der Waals surface area (Å²) in [6, 6.07) is 3.80. The van der Waals surface area contributed by atoms with Gasteiger partial charge in [-0.3, -0.25) is 4.79 Å². The molecule has 2 N–H and O–H groups in total. The molecule has 1 aromatic heterocycles. The number of hydrogen-bond acceptors (Lipinski definition) is 5. The van der Waals surface area contributed by atoms with E-state index < -0.39 is 0 Å². The van der Waals surface area contributed by atoms with Crippen molar-refractivity contribution in [3.8, 4) is 0 Å². The lowest BCUT2D eigenvalue weighted by Gasteiger charge is -2.36. The summed E-state index contributed by atoms with van der Waals surface area (Å²) in [6.07, 6.45) is 1.62. The highest BCUT2D eigenvalue weighted by atomic mass is 16.5. The van der Waals surface area contributed by atoms with Crippen molar-refractivity contribution in [2.45, 2.75) is 25.9 Å². The lowest BCUT2D eigenvalue weighted by Crippen LogP contribution is -2.51. The minimum atomic E-state index is -0.223. The standard InChI is InChI=1S/C15H22N4O2/c1-11-4-5-12(16)14(17-11)18-6-8-19(9-7-18)15(20)13-3-2-10-21-13/h4-5,13H,2-3,6-10,16H2,1H3. The zero-order chi connectivity index (χ0) is 14.8. The average molecular weight is 290 g/mol. The molecule has 3 heterocycles. The van der Waals surface area contributed by atoms with Gasteiger partial charge in [0.1, 0.15) is 6.10 Å². The molecule has 6 nitrogen and oxygen atoms in total. The van der Waals surface area contributed by atoms with Crippen molar-refractivity contribution < 1.29 is 9.53 Å². The molecule has 0 spiro atoms. The van der Waals surface area contributed by atoms with Crippen molar-refractivity contribution in [3.05, 3.63) is 17.8 Å². The topological polar surface area (TPSA) is 71.7 Å². The maximum atomic E-state index is 12.3. The van der Waals surface area contributed by atoms with Crippen molar-refractivity contribution in [2.75, 3.05) is 43.4 Å². The second-order valence-electron chi connectivity index (χ2n) is 5.68. The van der Waals surface area contributed by atoms with E-state index in [-0.39, 0.29) is 12.0 Å². The Morgan fingerprint density at radius 3 is 2.76 bits per heavy atom. The van der Waals surface area contributed by atoms with E-state index >= 15 is 0 Å². The first kappa shape index (κ1) is 14.1. The van der Waals surface area contributed by atoms with E-state index in [1.54, 1.807) is 0 Å². The van der Waals surface area contributed by atoms with Crippen LogP contribution < -0.4 is 10.6 Å². The maximum Gasteiger partial charge on any atom is 0.251 e. The third-order valence-electron chi connectivity index (χ3n) is 4.14. The fourth-order valence-corrected chi connectivity index (χ4v) is 2.92. The van der Waals surface area contributed by atoms with Crippen LogP contribution in [-0.4, -0.2) is 54.7 Å². The molecule has 3 rings (SSSR count). The second kappa shape index (κ2) is 5.89. The highest BCUT2D eigenvalue weighted by molar-refractivity contribution is 5.81. The molecule has 2 aliphatic rings. The van der Waals surface area contributed by atoms with Crippen LogP contribution in [0, 0.1) is 6.92 Å². The average Bonchev–Trinajstić information content (AvgIpc) is 3.03. The van der Waals surface area contributed by atoms with Crippen LogP contribution in [0.4, 0.5) is 11.5 Å². The Hall–Kier alpha value is -1.82. The van der Waals surface area contributed by atoms with Gasteiger partial charge in [0.15, 0.2) is 5.82 Å². The smallest absolute Gasteiger partial charge is 0.251 e. The molecule has 0 aromatic carbocycles. The molecule has 1 aromatic rings. The number of anilines is 2. The Morgan fingerprint density at radius 2 is 2.10 bits per heavy atom. The fraction of sp³-hybridized carbons (Fsp3) is 0.600. The Kier molecular flexibility index (Phi) is 3.96. The third kappa shape index (κ3) is 2.95. The summed E-state index contributed by atoms with van der Waals surface area (Å²) >= 11 is 0. The molecule has 2 aliphatic heterocycles. The fourth-order valence-electron chi connectivity index (χ4n) is 2.92. The molecule has 0 radical (unpaired) electrons. The van der Waals surface area contributed by atoms with Crippen LogP contribution in [0.1, 0.15) is 18.5 Å². The van der Waals surface area contributed by atoms with Crippen LogP contribution in [0.25, 0.3) is 0 Å². The van der Waals surface area contributed by atoms with Crippen molar-refractivity contribution in [1.82, 2.24) is 9.88 Å². The van der Waals surface area contributed by atoms with Crippen molar-refractivity contribution in [2.24, 2.45) is 0 Å². The van der Waals surface area contributed by atoms with Crippen LogP contribution in [0.3, 0.4) is 0 Å². The summed E-state index contributed by atoms with van der Waals surface area (Å²) in [7, 11) is 0. The van der Waals surface area contributed by atoms with E-state index in [2.05, 4.69) is 9.88 Å². The molecule has 6 heteroatoms. The van der Waals surface area contributed by atoms with Gasteiger partial charge in [-0.05, 0) is 31.9 Å². The maximum absolute atomic E-state index is 12.3.